The zero-order valence-corrected chi connectivity index (χ0v) is 36.9. The van der Waals surface area contributed by atoms with Crippen LogP contribution in [0.1, 0.15) is 0 Å². The van der Waals surface area contributed by atoms with Gasteiger partial charge >= 0.3 is 0 Å². The largest absolute Gasteiger partial charge is 0.255 e. The third kappa shape index (κ3) is 9.05. The van der Waals surface area contributed by atoms with Crippen LogP contribution in [0.2, 0.25) is 0 Å². The standard InChI is InChI=1S/2C24H16N2.C10H8N2.Ru/c2*1-3-7-17(8-4-1)19-13-15-25-23-21(19)11-12-22-20(14-16-26-24(22)23)18-9-5-2-6-10-18;1-3-7-11-9(5-1)10-6-2-4-8-12-10;/h2*1-16H;1-8H;. The van der Waals surface area contributed by atoms with Crippen molar-refractivity contribution in [1.82, 2.24) is 29.9 Å². The van der Waals surface area contributed by atoms with Gasteiger partial charge in [0.05, 0.1) is 33.5 Å². The monoisotopic (exact) mass is 922 g/mol. The van der Waals surface area contributed by atoms with E-state index in [0.29, 0.717) is 0 Å². The smallest absolute Gasteiger partial charge is 0.0970 e. The van der Waals surface area contributed by atoms with Crippen molar-refractivity contribution < 1.29 is 19.5 Å². The van der Waals surface area contributed by atoms with E-state index < -0.39 is 0 Å². The van der Waals surface area contributed by atoms with Crippen LogP contribution in [-0.2, 0) is 19.5 Å². The Kier molecular flexibility index (Phi) is 12.9. The Morgan fingerprint density at radius 3 is 0.677 bits per heavy atom. The normalized spacial score (nSPS) is 10.6. The van der Waals surface area contributed by atoms with Crippen LogP contribution < -0.4 is 0 Å². The minimum absolute atomic E-state index is 0. The Morgan fingerprint density at radius 2 is 0.446 bits per heavy atom. The average molecular weight is 922 g/mol. The van der Waals surface area contributed by atoms with Crippen molar-refractivity contribution in [3.05, 3.63) is 243 Å². The molecule has 0 amide bonds. The van der Waals surface area contributed by atoms with Gasteiger partial charge in [-0.15, -0.1) is 0 Å². The topological polar surface area (TPSA) is 77.3 Å². The molecule has 0 saturated carbocycles. The Labute approximate surface area is 390 Å². The van der Waals surface area contributed by atoms with Crippen LogP contribution in [0, 0.1) is 0 Å². The molecule has 12 aromatic rings. The van der Waals surface area contributed by atoms with E-state index >= 15 is 0 Å². The van der Waals surface area contributed by atoms with Crippen molar-refractivity contribution >= 4 is 43.6 Å². The average Bonchev–Trinajstić information content (AvgIpc) is 3.39. The molecule has 6 heterocycles. The molecule has 6 aromatic carbocycles. The summed E-state index contributed by atoms with van der Waals surface area (Å²) >= 11 is 0. The summed E-state index contributed by atoms with van der Waals surface area (Å²) in [5.74, 6) is 0. The Hall–Kier alpha value is -8.12. The van der Waals surface area contributed by atoms with Crippen molar-refractivity contribution in [2.45, 2.75) is 0 Å². The third-order valence-electron chi connectivity index (χ3n) is 11.2. The molecule has 6 nitrogen and oxygen atoms in total. The van der Waals surface area contributed by atoms with Gasteiger partial charge in [0.25, 0.3) is 0 Å². The SMILES string of the molecule is [Ru].c1ccc(-c2ccccn2)nc1.c1ccc(-c2ccnc3c2ccc2c(-c4ccccc4)ccnc23)cc1.c1ccc(-c2ccnc3c2ccc2c(-c4ccccc4)ccnc23)cc1. The van der Waals surface area contributed by atoms with Gasteiger partial charge in [0.1, 0.15) is 0 Å². The van der Waals surface area contributed by atoms with Crippen LogP contribution in [0.25, 0.3) is 99.5 Å². The van der Waals surface area contributed by atoms with E-state index in [0.717, 1.165) is 55.0 Å². The van der Waals surface area contributed by atoms with Gasteiger partial charge in [-0.2, -0.15) is 0 Å². The first-order valence-corrected chi connectivity index (χ1v) is 21.2. The van der Waals surface area contributed by atoms with Crippen LogP contribution in [0.15, 0.2) is 243 Å². The van der Waals surface area contributed by atoms with E-state index in [9.17, 15) is 0 Å². The van der Waals surface area contributed by atoms with Crippen LogP contribution in [-0.4, -0.2) is 29.9 Å². The molecule has 0 bridgehead atoms. The molecular formula is C58H40N6Ru. The van der Waals surface area contributed by atoms with Crippen molar-refractivity contribution in [1.29, 1.82) is 0 Å². The molecule has 0 aliphatic heterocycles. The number of aromatic nitrogens is 6. The van der Waals surface area contributed by atoms with Gasteiger partial charge in [-0.05, 0) is 93.0 Å². The molecular weight excluding hydrogens is 882 g/mol. The quantitative estimate of drug-likeness (QED) is 0.126. The minimum Gasteiger partial charge on any atom is -0.255 e. The van der Waals surface area contributed by atoms with Gasteiger partial charge in [-0.1, -0.05) is 158 Å². The minimum atomic E-state index is 0. The van der Waals surface area contributed by atoms with Crippen molar-refractivity contribution in [2.24, 2.45) is 0 Å². The second kappa shape index (κ2) is 19.9. The molecule has 0 atom stereocenters. The van der Waals surface area contributed by atoms with Crippen molar-refractivity contribution in [2.75, 3.05) is 0 Å². The third-order valence-corrected chi connectivity index (χ3v) is 11.2. The fraction of sp³-hybridized carbons (Fsp3) is 0. The first-order valence-electron chi connectivity index (χ1n) is 21.2. The van der Waals surface area contributed by atoms with Gasteiger partial charge < -0.3 is 0 Å². The molecule has 0 fully saturated rings. The second-order valence-corrected chi connectivity index (χ2v) is 15.0. The second-order valence-electron chi connectivity index (χ2n) is 15.0. The molecule has 7 heteroatoms. The van der Waals surface area contributed by atoms with E-state index in [2.05, 4.69) is 175 Å². The maximum absolute atomic E-state index is 4.67. The number of fused-ring (bicyclic) bond motifs is 6. The van der Waals surface area contributed by atoms with Crippen LogP contribution in [0.4, 0.5) is 0 Å². The van der Waals surface area contributed by atoms with E-state index in [1.54, 1.807) is 12.4 Å². The maximum Gasteiger partial charge on any atom is 0.0970 e. The predicted molar refractivity (Wildman–Crippen MR) is 263 cm³/mol. The fourth-order valence-corrected chi connectivity index (χ4v) is 8.16. The summed E-state index contributed by atoms with van der Waals surface area (Å²) in [5, 5.41) is 4.51. The van der Waals surface area contributed by atoms with Crippen LogP contribution >= 0.6 is 0 Å². The molecule has 0 spiro atoms. The molecule has 0 N–H and O–H groups in total. The molecule has 65 heavy (non-hydrogen) atoms. The van der Waals surface area contributed by atoms with E-state index in [1.165, 1.54) is 44.5 Å². The molecule has 0 aliphatic carbocycles. The molecule has 0 radical (unpaired) electrons. The molecule has 12 rings (SSSR count). The zero-order valence-electron chi connectivity index (χ0n) is 35.1. The Morgan fingerprint density at radius 1 is 0.200 bits per heavy atom. The number of pyridine rings is 6. The van der Waals surface area contributed by atoms with Gasteiger partial charge in [0, 0.05) is 78.2 Å². The zero-order chi connectivity index (χ0) is 42.9. The van der Waals surface area contributed by atoms with E-state index in [1.807, 2.05) is 85.5 Å². The molecule has 6 aromatic heterocycles. The van der Waals surface area contributed by atoms with E-state index in [-0.39, 0.29) is 19.5 Å². The van der Waals surface area contributed by atoms with E-state index in [4.69, 9.17) is 0 Å². The maximum atomic E-state index is 4.67. The number of hydrogen-bond donors (Lipinski definition) is 0. The van der Waals surface area contributed by atoms with Gasteiger partial charge in [-0.3, -0.25) is 29.9 Å². The fourth-order valence-electron chi connectivity index (χ4n) is 8.16. The van der Waals surface area contributed by atoms with Gasteiger partial charge in [0.15, 0.2) is 0 Å². The summed E-state index contributed by atoms with van der Waals surface area (Å²) in [4.78, 5) is 27.0. The van der Waals surface area contributed by atoms with Crippen molar-refractivity contribution in [3.8, 4) is 55.9 Å². The summed E-state index contributed by atoms with van der Waals surface area (Å²) in [5.41, 5.74) is 15.1. The van der Waals surface area contributed by atoms with Crippen molar-refractivity contribution in [3.63, 3.8) is 0 Å². The number of benzene rings is 6. The summed E-state index contributed by atoms with van der Waals surface area (Å²) < 4.78 is 0. The van der Waals surface area contributed by atoms with Crippen LogP contribution in [0.5, 0.6) is 0 Å². The summed E-state index contributed by atoms with van der Waals surface area (Å²) in [7, 11) is 0. The first kappa shape index (κ1) is 42.2. The number of rotatable bonds is 5. The summed E-state index contributed by atoms with van der Waals surface area (Å²) in [6.45, 7) is 0. The Bertz CT molecular complexity index is 3040. The molecule has 0 aliphatic rings. The summed E-state index contributed by atoms with van der Waals surface area (Å²) in [6, 6.07) is 70.3. The van der Waals surface area contributed by atoms with Gasteiger partial charge in [-0.25, -0.2) is 0 Å². The Balaban J connectivity index is 0.000000130. The first-order chi connectivity index (χ1) is 31.8. The molecule has 0 saturated heterocycles. The predicted octanol–water partition coefficient (Wildman–Crippen LogP) is 14.4. The molecule has 310 valence electrons. The number of hydrogen-bond acceptors (Lipinski definition) is 6. The summed E-state index contributed by atoms with van der Waals surface area (Å²) in [6.07, 6.45) is 11.0. The van der Waals surface area contributed by atoms with Gasteiger partial charge in [0.2, 0.25) is 0 Å². The number of nitrogens with zero attached hydrogens (tertiary/aromatic N) is 6. The molecule has 0 unspecified atom stereocenters. The van der Waals surface area contributed by atoms with Crippen LogP contribution in [0.3, 0.4) is 0 Å².